The van der Waals surface area contributed by atoms with E-state index in [2.05, 4.69) is 17.2 Å². The van der Waals surface area contributed by atoms with Crippen molar-refractivity contribution in [2.75, 3.05) is 25.1 Å². The highest BCUT2D eigenvalue weighted by molar-refractivity contribution is 5.49. The number of hydrogen-bond acceptors (Lipinski definition) is 4. The highest BCUT2D eigenvalue weighted by Crippen LogP contribution is 2.20. The Hall–Kier alpha value is -1.29. The van der Waals surface area contributed by atoms with Crippen LogP contribution in [-0.2, 0) is 0 Å². The molecule has 84 valence electrons. The Bertz CT molecular complexity index is 279. The first-order valence-corrected chi connectivity index (χ1v) is 5.31. The lowest BCUT2D eigenvalue weighted by Crippen LogP contribution is -2.07. The quantitative estimate of drug-likeness (QED) is 0.672. The van der Waals surface area contributed by atoms with E-state index in [9.17, 15) is 0 Å². The van der Waals surface area contributed by atoms with Gasteiger partial charge in [-0.3, -0.25) is 0 Å². The van der Waals surface area contributed by atoms with E-state index < -0.39 is 0 Å². The Morgan fingerprint density at radius 3 is 3.13 bits per heavy atom. The Morgan fingerprint density at radius 2 is 2.40 bits per heavy atom. The Kier molecular flexibility index (Phi) is 5.55. The number of nitrogens with zero attached hydrogens (tertiary/aromatic N) is 1. The van der Waals surface area contributed by atoms with E-state index in [-0.39, 0.29) is 6.61 Å². The molecule has 0 aliphatic rings. The topological polar surface area (TPSA) is 54.4 Å². The maximum absolute atomic E-state index is 8.66. The van der Waals surface area contributed by atoms with E-state index in [1.165, 1.54) is 0 Å². The van der Waals surface area contributed by atoms with Gasteiger partial charge in [0, 0.05) is 19.3 Å². The second kappa shape index (κ2) is 7.06. The number of aliphatic hydroxyl groups is 1. The van der Waals surface area contributed by atoms with Crippen LogP contribution in [0.2, 0.25) is 0 Å². The number of hydrogen-bond donors (Lipinski definition) is 2. The lowest BCUT2D eigenvalue weighted by molar-refractivity contribution is 0.292. The van der Waals surface area contributed by atoms with Crippen molar-refractivity contribution in [2.24, 2.45) is 0 Å². The molecule has 0 radical (unpaired) electrons. The van der Waals surface area contributed by atoms with Crippen molar-refractivity contribution >= 4 is 5.82 Å². The minimum absolute atomic E-state index is 0.186. The fourth-order valence-corrected chi connectivity index (χ4v) is 1.14. The highest BCUT2D eigenvalue weighted by Gasteiger charge is 2.02. The molecule has 1 heterocycles. The van der Waals surface area contributed by atoms with E-state index in [4.69, 9.17) is 9.84 Å². The van der Waals surface area contributed by atoms with Gasteiger partial charge in [0.2, 0.25) is 0 Å². The maximum atomic E-state index is 8.66. The number of aromatic nitrogens is 1. The molecule has 0 fully saturated rings. The molecule has 4 nitrogen and oxygen atoms in total. The summed E-state index contributed by atoms with van der Waals surface area (Å²) in [5, 5.41) is 11.8. The molecule has 0 saturated heterocycles. The zero-order valence-corrected chi connectivity index (χ0v) is 9.07. The number of anilines is 1. The SMILES string of the molecule is CCCOc1cccnc1NCCCO. The summed E-state index contributed by atoms with van der Waals surface area (Å²) in [6.07, 6.45) is 3.41. The van der Waals surface area contributed by atoms with E-state index in [0.717, 1.165) is 18.0 Å². The Morgan fingerprint density at radius 1 is 1.53 bits per heavy atom. The van der Waals surface area contributed by atoms with Crippen molar-refractivity contribution in [3.05, 3.63) is 18.3 Å². The molecule has 0 saturated carbocycles. The smallest absolute Gasteiger partial charge is 0.168 e. The second-order valence-corrected chi connectivity index (χ2v) is 3.20. The van der Waals surface area contributed by atoms with E-state index >= 15 is 0 Å². The van der Waals surface area contributed by atoms with Crippen LogP contribution in [0.4, 0.5) is 5.82 Å². The highest BCUT2D eigenvalue weighted by atomic mass is 16.5. The molecule has 0 atom stereocenters. The standard InChI is InChI=1S/C11H18N2O2/c1-2-9-15-10-5-3-6-12-11(10)13-7-4-8-14/h3,5-6,14H,2,4,7-9H2,1H3,(H,12,13). The molecule has 0 aromatic carbocycles. The molecular formula is C11H18N2O2. The van der Waals surface area contributed by atoms with Gasteiger partial charge in [0.15, 0.2) is 11.6 Å². The summed E-state index contributed by atoms with van der Waals surface area (Å²) in [5.74, 6) is 1.52. The molecule has 0 amide bonds. The van der Waals surface area contributed by atoms with Crippen LogP contribution in [0.1, 0.15) is 19.8 Å². The van der Waals surface area contributed by atoms with Gasteiger partial charge in [0.05, 0.1) is 6.61 Å². The van der Waals surface area contributed by atoms with Crippen LogP contribution in [0.3, 0.4) is 0 Å². The third kappa shape index (κ3) is 4.16. The first-order chi connectivity index (χ1) is 7.38. The Balaban J connectivity index is 2.52. The first-order valence-electron chi connectivity index (χ1n) is 5.31. The lowest BCUT2D eigenvalue weighted by Gasteiger charge is -2.10. The number of ether oxygens (including phenoxy) is 1. The second-order valence-electron chi connectivity index (χ2n) is 3.20. The number of rotatable bonds is 7. The fraction of sp³-hybridized carbons (Fsp3) is 0.545. The van der Waals surface area contributed by atoms with Crippen LogP contribution in [0.5, 0.6) is 5.75 Å². The molecule has 2 N–H and O–H groups in total. The average Bonchev–Trinajstić information content (AvgIpc) is 2.28. The van der Waals surface area contributed by atoms with Gasteiger partial charge in [-0.15, -0.1) is 0 Å². The largest absolute Gasteiger partial charge is 0.490 e. The maximum Gasteiger partial charge on any atom is 0.168 e. The monoisotopic (exact) mass is 210 g/mol. The van der Waals surface area contributed by atoms with Crippen molar-refractivity contribution < 1.29 is 9.84 Å². The summed E-state index contributed by atoms with van der Waals surface area (Å²) in [4.78, 5) is 4.19. The van der Waals surface area contributed by atoms with Gasteiger partial charge in [-0.1, -0.05) is 6.92 Å². The van der Waals surface area contributed by atoms with Crippen LogP contribution in [0, 0.1) is 0 Å². The molecule has 0 unspecified atom stereocenters. The van der Waals surface area contributed by atoms with Gasteiger partial charge in [-0.2, -0.15) is 0 Å². The minimum atomic E-state index is 0.186. The zero-order valence-electron chi connectivity index (χ0n) is 9.07. The number of nitrogens with one attached hydrogen (secondary N) is 1. The van der Waals surface area contributed by atoms with Crippen molar-refractivity contribution in [3.63, 3.8) is 0 Å². The average molecular weight is 210 g/mol. The molecule has 4 heteroatoms. The fourth-order valence-electron chi connectivity index (χ4n) is 1.14. The molecule has 1 rings (SSSR count). The van der Waals surface area contributed by atoms with Gasteiger partial charge in [-0.05, 0) is 25.0 Å². The van der Waals surface area contributed by atoms with Crippen molar-refractivity contribution in [2.45, 2.75) is 19.8 Å². The van der Waals surface area contributed by atoms with Gasteiger partial charge < -0.3 is 15.2 Å². The summed E-state index contributed by atoms with van der Waals surface area (Å²) in [5.41, 5.74) is 0. The summed E-state index contributed by atoms with van der Waals surface area (Å²) >= 11 is 0. The molecule has 1 aromatic heterocycles. The molecule has 15 heavy (non-hydrogen) atoms. The minimum Gasteiger partial charge on any atom is -0.490 e. The predicted molar refractivity (Wildman–Crippen MR) is 60.2 cm³/mol. The number of pyridine rings is 1. The van der Waals surface area contributed by atoms with Gasteiger partial charge in [-0.25, -0.2) is 4.98 Å². The predicted octanol–water partition coefficient (Wildman–Crippen LogP) is 1.66. The van der Waals surface area contributed by atoms with Crippen LogP contribution in [-0.4, -0.2) is 29.8 Å². The van der Waals surface area contributed by atoms with Crippen molar-refractivity contribution in [3.8, 4) is 5.75 Å². The van der Waals surface area contributed by atoms with Crippen molar-refractivity contribution in [1.29, 1.82) is 0 Å². The molecule has 1 aromatic rings. The van der Waals surface area contributed by atoms with E-state index in [1.807, 2.05) is 12.1 Å². The van der Waals surface area contributed by atoms with Crippen LogP contribution < -0.4 is 10.1 Å². The van der Waals surface area contributed by atoms with Crippen LogP contribution in [0.25, 0.3) is 0 Å². The molecule has 0 spiro atoms. The van der Waals surface area contributed by atoms with Crippen LogP contribution >= 0.6 is 0 Å². The zero-order chi connectivity index (χ0) is 10.9. The summed E-state index contributed by atoms with van der Waals surface area (Å²) in [6, 6.07) is 3.74. The lowest BCUT2D eigenvalue weighted by atomic mass is 10.4. The molecular weight excluding hydrogens is 192 g/mol. The Labute approximate surface area is 90.3 Å². The summed E-state index contributed by atoms with van der Waals surface area (Å²) < 4.78 is 5.53. The number of aliphatic hydroxyl groups excluding tert-OH is 1. The third-order valence-corrected chi connectivity index (χ3v) is 1.86. The molecule has 0 aliphatic carbocycles. The van der Waals surface area contributed by atoms with Crippen molar-refractivity contribution in [1.82, 2.24) is 4.98 Å². The van der Waals surface area contributed by atoms with Gasteiger partial charge in [0.1, 0.15) is 0 Å². The molecule has 0 bridgehead atoms. The van der Waals surface area contributed by atoms with E-state index in [1.54, 1.807) is 6.20 Å². The van der Waals surface area contributed by atoms with Gasteiger partial charge in [0.25, 0.3) is 0 Å². The molecule has 0 aliphatic heterocycles. The first kappa shape index (κ1) is 11.8. The van der Waals surface area contributed by atoms with Gasteiger partial charge >= 0.3 is 0 Å². The third-order valence-electron chi connectivity index (χ3n) is 1.86. The summed E-state index contributed by atoms with van der Waals surface area (Å²) in [6.45, 7) is 3.65. The summed E-state index contributed by atoms with van der Waals surface area (Å²) in [7, 11) is 0. The van der Waals surface area contributed by atoms with Crippen LogP contribution in [0.15, 0.2) is 18.3 Å². The normalized spacial score (nSPS) is 10.0. The van der Waals surface area contributed by atoms with E-state index in [0.29, 0.717) is 19.6 Å².